The average molecular weight is 393 g/mol. The minimum atomic E-state index is -0.196. The van der Waals surface area contributed by atoms with E-state index in [9.17, 15) is 4.79 Å². The molecule has 4 rings (SSSR count). The number of nitrogens with zero attached hydrogens (tertiary/aromatic N) is 1. The van der Waals surface area contributed by atoms with Crippen LogP contribution >= 0.6 is 11.3 Å². The molecule has 0 aliphatic heterocycles. The molecule has 5 heteroatoms. The highest BCUT2D eigenvalue weighted by Gasteiger charge is 2.14. The Kier molecular flexibility index (Phi) is 5.18. The second-order valence-corrected chi connectivity index (χ2v) is 8.29. The van der Waals surface area contributed by atoms with Gasteiger partial charge in [0.2, 0.25) is 0 Å². The maximum Gasteiger partial charge on any atom is 0.264 e. The normalized spacial score (nSPS) is 12.7. The minimum absolute atomic E-state index is 0.0176. The van der Waals surface area contributed by atoms with Gasteiger partial charge in [0.1, 0.15) is 5.75 Å². The predicted molar refractivity (Wildman–Crippen MR) is 114 cm³/mol. The summed E-state index contributed by atoms with van der Waals surface area (Å²) in [5, 5.41) is 5.43. The fourth-order valence-electron chi connectivity index (χ4n) is 3.97. The molecule has 0 atom stereocenters. The zero-order chi connectivity index (χ0) is 19.7. The van der Waals surface area contributed by atoms with Gasteiger partial charge in [-0.2, -0.15) is 0 Å². The summed E-state index contributed by atoms with van der Waals surface area (Å²) in [5.41, 5.74) is 8.40. The lowest BCUT2D eigenvalue weighted by atomic mass is 9.98. The number of carbonyl (C=O) groups excluding carboxylic acids is 1. The number of fused-ring (bicyclic) bond motifs is 1. The summed E-state index contributed by atoms with van der Waals surface area (Å²) in [6, 6.07) is 10.4. The molecular weight excluding hydrogens is 368 g/mol. The van der Waals surface area contributed by atoms with Gasteiger partial charge >= 0.3 is 0 Å². The van der Waals surface area contributed by atoms with Crippen molar-refractivity contribution in [3.8, 4) is 17.0 Å². The van der Waals surface area contributed by atoms with Crippen LogP contribution in [0, 0.1) is 20.8 Å². The average Bonchev–Trinajstić information content (AvgIpc) is 3.28. The first-order valence-electron chi connectivity index (χ1n) is 9.58. The van der Waals surface area contributed by atoms with E-state index in [1.165, 1.54) is 45.6 Å². The van der Waals surface area contributed by atoms with Crippen molar-refractivity contribution < 1.29 is 9.53 Å². The van der Waals surface area contributed by atoms with Gasteiger partial charge < -0.3 is 4.74 Å². The Bertz CT molecular complexity index is 1020. The van der Waals surface area contributed by atoms with E-state index in [1.54, 1.807) is 0 Å². The lowest BCUT2D eigenvalue weighted by molar-refractivity contribution is -0.118. The van der Waals surface area contributed by atoms with Gasteiger partial charge in [0, 0.05) is 10.9 Å². The molecule has 1 aliphatic carbocycles. The Labute approximate surface area is 169 Å². The van der Waals surface area contributed by atoms with E-state index in [2.05, 4.69) is 55.3 Å². The van der Waals surface area contributed by atoms with Gasteiger partial charge in [0.05, 0.1) is 5.69 Å². The molecule has 1 aromatic heterocycles. The first kappa shape index (κ1) is 18.7. The summed E-state index contributed by atoms with van der Waals surface area (Å²) in [4.78, 5) is 16.9. The lowest BCUT2D eigenvalue weighted by Gasteiger charge is -2.09. The van der Waals surface area contributed by atoms with Gasteiger partial charge in [-0.05, 0) is 74.4 Å². The molecule has 0 unspecified atom stereocenters. The molecule has 4 nitrogen and oxygen atoms in total. The molecule has 0 spiro atoms. The number of thiazole rings is 1. The highest BCUT2D eigenvalue weighted by Crippen LogP contribution is 2.31. The van der Waals surface area contributed by atoms with E-state index in [-0.39, 0.29) is 12.5 Å². The topological polar surface area (TPSA) is 51.2 Å². The predicted octanol–water partition coefficient (Wildman–Crippen LogP) is 5.24. The van der Waals surface area contributed by atoms with Crippen molar-refractivity contribution in [2.24, 2.45) is 0 Å². The molecule has 144 valence electrons. The monoisotopic (exact) mass is 392 g/mol. The van der Waals surface area contributed by atoms with Crippen LogP contribution in [-0.2, 0) is 17.6 Å². The van der Waals surface area contributed by atoms with Crippen molar-refractivity contribution in [1.29, 1.82) is 0 Å². The molecular formula is C23H24N2O2S. The number of hydrogen-bond acceptors (Lipinski definition) is 4. The van der Waals surface area contributed by atoms with Crippen molar-refractivity contribution in [1.82, 2.24) is 4.98 Å². The standard InChI is InChI=1S/C23H24N2O2S/c1-14-9-15(2)22(16(3)10-14)20-13-28-23(24-20)25-21(26)12-27-19-8-7-17-5-4-6-18(17)11-19/h7-11,13H,4-6,12H2,1-3H3,(H,24,25,26). The van der Waals surface area contributed by atoms with Crippen LogP contribution in [0.4, 0.5) is 5.13 Å². The van der Waals surface area contributed by atoms with Gasteiger partial charge in [0.25, 0.3) is 5.91 Å². The summed E-state index contributed by atoms with van der Waals surface area (Å²) in [6.45, 7) is 6.27. The fourth-order valence-corrected chi connectivity index (χ4v) is 4.69. The minimum Gasteiger partial charge on any atom is -0.484 e. The maximum atomic E-state index is 12.3. The fraction of sp³-hybridized carbons (Fsp3) is 0.304. The third-order valence-corrected chi connectivity index (χ3v) is 5.88. The summed E-state index contributed by atoms with van der Waals surface area (Å²) < 4.78 is 5.67. The molecule has 1 heterocycles. The second-order valence-electron chi connectivity index (χ2n) is 7.43. The van der Waals surface area contributed by atoms with E-state index >= 15 is 0 Å². The van der Waals surface area contributed by atoms with Crippen LogP contribution in [0.1, 0.15) is 34.2 Å². The number of hydrogen-bond donors (Lipinski definition) is 1. The number of aryl methyl sites for hydroxylation is 5. The summed E-state index contributed by atoms with van der Waals surface area (Å²) >= 11 is 1.43. The molecule has 0 bridgehead atoms. The van der Waals surface area contributed by atoms with E-state index in [4.69, 9.17) is 4.74 Å². The number of amides is 1. The SMILES string of the molecule is Cc1cc(C)c(-c2csc(NC(=O)COc3ccc4c(c3)CCC4)n2)c(C)c1. The van der Waals surface area contributed by atoms with Crippen molar-refractivity contribution in [2.75, 3.05) is 11.9 Å². The van der Waals surface area contributed by atoms with Crippen LogP contribution in [0.3, 0.4) is 0 Å². The Balaban J connectivity index is 1.39. The third-order valence-electron chi connectivity index (χ3n) is 5.12. The zero-order valence-corrected chi connectivity index (χ0v) is 17.3. The number of benzene rings is 2. The van der Waals surface area contributed by atoms with Crippen LogP contribution < -0.4 is 10.1 Å². The molecule has 0 radical (unpaired) electrons. The lowest BCUT2D eigenvalue weighted by Crippen LogP contribution is -2.20. The largest absolute Gasteiger partial charge is 0.484 e. The van der Waals surface area contributed by atoms with Crippen molar-refractivity contribution >= 4 is 22.4 Å². The van der Waals surface area contributed by atoms with Crippen LogP contribution in [0.25, 0.3) is 11.3 Å². The van der Waals surface area contributed by atoms with Crippen LogP contribution in [0.5, 0.6) is 5.75 Å². The van der Waals surface area contributed by atoms with E-state index in [0.29, 0.717) is 5.13 Å². The summed E-state index contributed by atoms with van der Waals surface area (Å²) in [6.07, 6.45) is 3.44. The van der Waals surface area contributed by atoms with Crippen LogP contribution in [0.2, 0.25) is 0 Å². The van der Waals surface area contributed by atoms with E-state index in [0.717, 1.165) is 29.8 Å². The number of carbonyl (C=O) groups is 1. The molecule has 1 aliphatic rings. The zero-order valence-electron chi connectivity index (χ0n) is 16.5. The Hall–Kier alpha value is -2.66. The highest BCUT2D eigenvalue weighted by atomic mass is 32.1. The first-order valence-corrected chi connectivity index (χ1v) is 10.5. The second kappa shape index (κ2) is 7.76. The van der Waals surface area contributed by atoms with Crippen LogP contribution in [-0.4, -0.2) is 17.5 Å². The number of aromatic nitrogens is 1. The quantitative estimate of drug-likeness (QED) is 0.646. The molecule has 0 saturated heterocycles. The Morgan fingerprint density at radius 3 is 2.64 bits per heavy atom. The number of anilines is 1. The van der Waals surface area contributed by atoms with Crippen molar-refractivity contribution in [2.45, 2.75) is 40.0 Å². The Morgan fingerprint density at radius 2 is 1.86 bits per heavy atom. The molecule has 3 aromatic rings. The highest BCUT2D eigenvalue weighted by molar-refractivity contribution is 7.14. The van der Waals surface area contributed by atoms with E-state index in [1.807, 2.05) is 11.4 Å². The van der Waals surface area contributed by atoms with E-state index < -0.39 is 0 Å². The molecule has 2 aromatic carbocycles. The summed E-state index contributed by atoms with van der Waals surface area (Å²) in [5.74, 6) is 0.556. The van der Waals surface area contributed by atoms with Crippen LogP contribution in [0.15, 0.2) is 35.7 Å². The van der Waals surface area contributed by atoms with Gasteiger partial charge in [0.15, 0.2) is 11.7 Å². The molecule has 1 N–H and O–H groups in total. The molecule has 28 heavy (non-hydrogen) atoms. The third kappa shape index (κ3) is 3.94. The van der Waals surface area contributed by atoms with Gasteiger partial charge in [-0.25, -0.2) is 4.98 Å². The molecule has 0 fully saturated rings. The molecule has 1 amide bonds. The maximum absolute atomic E-state index is 12.3. The summed E-state index contributed by atoms with van der Waals surface area (Å²) in [7, 11) is 0. The number of nitrogens with one attached hydrogen (secondary N) is 1. The van der Waals surface area contributed by atoms with Gasteiger partial charge in [-0.15, -0.1) is 11.3 Å². The van der Waals surface area contributed by atoms with Crippen molar-refractivity contribution in [3.05, 3.63) is 63.5 Å². The number of ether oxygens (including phenoxy) is 1. The van der Waals surface area contributed by atoms with Gasteiger partial charge in [-0.3, -0.25) is 10.1 Å². The smallest absolute Gasteiger partial charge is 0.264 e. The Morgan fingerprint density at radius 1 is 1.11 bits per heavy atom. The molecule has 0 saturated carbocycles. The number of rotatable bonds is 5. The van der Waals surface area contributed by atoms with Crippen molar-refractivity contribution in [3.63, 3.8) is 0 Å². The first-order chi connectivity index (χ1) is 13.5. The van der Waals surface area contributed by atoms with Gasteiger partial charge in [-0.1, -0.05) is 23.8 Å².